The van der Waals surface area contributed by atoms with Gasteiger partial charge in [-0.3, -0.25) is 4.79 Å². The fourth-order valence-electron chi connectivity index (χ4n) is 2.48. The molecule has 8 heteroatoms. The topological polar surface area (TPSA) is 73.6 Å². The monoisotopic (exact) mass is 412 g/mol. The Morgan fingerprint density at radius 2 is 2.24 bits per heavy atom. The highest BCUT2D eigenvalue weighted by Crippen LogP contribution is 2.23. The molecule has 1 aromatic heterocycles. The third-order valence-electron chi connectivity index (χ3n) is 3.94. The highest BCUT2D eigenvalue weighted by atomic mass is 79.9. The molecule has 134 valence electrons. The molecule has 0 bridgehead atoms. The van der Waals surface area contributed by atoms with E-state index in [2.05, 4.69) is 26.4 Å². The molecule has 1 aliphatic rings. The molecule has 25 heavy (non-hydrogen) atoms. The van der Waals surface area contributed by atoms with Crippen LogP contribution in [0.3, 0.4) is 0 Å². The van der Waals surface area contributed by atoms with Crippen LogP contribution >= 0.6 is 15.9 Å². The van der Waals surface area contributed by atoms with E-state index in [1.165, 1.54) is 6.07 Å². The third kappa shape index (κ3) is 4.65. The van der Waals surface area contributed by atoms with E-state index in [-0.39, 0.29) is 30.6 Å². The highest BCUT2D eigenvalue weighted by Gasteiger charge is 2.22. The van der Waals surface area contributed by atoms with E-state index in [1.807, 2.05) is 0 Å². The average molecular weight is 413 g/mol. The van der Waals surface area contributed by atoms with Crippen molar-refractivity contribution in [2.75, 3.05) is 19.8 Å². The minimum Gasteiger partial charge on any atom is -0.381 e. The third-order valence-corrected chi connectivity index (χ3v) is 4.76. The summed E-state index contributed by atoms with van der Waals surface area (Å²) in [5, 5.41) is 6.61. The van der Waals surface area contributed by atoms with Gasteiger partial charge in [-0.15, -0.1) is 0 Å². The molecule has 0 aliphatic carbocycles. The van der Waals surface area contributed by atoms with Gasteiger partial charge in [0.05, 0.1) is 17.7 Å². The summed E-state index contributed by atoms with van der Waals surface area (Å²) in [4.78, 5) is 12.2. The van der Waals surface area contributed by atoms with Crippen molar-refractivity contribution in [3.8, 4) is 0 Å². The molecule has 2 heterocycles. The zero-order chi connectivity index (χ0) is 17.6. The Hall–Kier alpha value is -1.77. The van der Waals surface area contributed by atoms with Crippen molar-refractivity contribution in [1.29, 1.82) is 0 Å². The number of hydrogen-bond donors (Lipinski definition) is 1. The predicted molar refractivity (Wildman–Crippen MR) is 90.4 cm³/mol. The largest absolute Gasteiger partial charge is 0.381 e. The molecule has 0 radical (unpaired) electrons. The number of ether oxygens (including phenoxy) is 2. The maximum absolute atomic E-state index is 13.5. The van der Waals surface area contributed by atoms with Crippen molar-refractivity contribution in [3.63, 3.8) is 0 Å². The zero-order valence-corrected chi connectivity index (χ0v) is 15.1. The Morgan fingerprint density at radius 3 is 3.00 bits per heavy atom. The van der Waals surface area contributed by atoms with Crippen molar-refractivity contribution in [2.45, 2.75) is 19.6 Å². The molecule has 2 aromatic rings. The van der Waals surface area contributed by atoms with Crippen LogP contribution in [-0.2, 0) is 22.7 Å². The number of aromatic nitrogens is 1. The highest BCUT2D eigenvalue weighted by molar-refractivity contribution is 9.10. The minimum atomic E-state index is -0.324. The van der Waals surface area contributed by atoms with Gasteiger partial charge in [0.15, 0.2) is 11.5 Å². The summed E-state index contributed by atoms with van der Waals surface area (Å²) >= 11 is 3.31. The number of carbonyl (C=O) groups excluding carboxylic acids is 1. The van der Waals surface area contributed by atoms with Gasteiger partial charge in [-0.25, -0.2) is 4.39 Å². The quantitative estimate of drug-likeness (QED) is 0.756. The Bertz CT molecular complexity index is 731. The molecule has 1 unspecified atom stereocenters. The lowest BCUT2D eigenvalue weighted by atomic mass is 10.1. The molecule has 3 rings (SSSR count). The van der Waals surface area contributed by atoms with Crippen molar-refractivity contribution in [1.82, 2.24) is 10.5 Å². The number of carbonyl (C=O) groups is 1. The molecule has 1 aromatic carbocycles. The number of amides is 1. The normalized spacial score (nSPS) is 17.0. The van der Waals surface area contributed by atoms with Crippen LogP contribution in [0, 0.1) is 11.7 Å². The molecular formula is C17H18BrFN2O4. The van der Waals surface area contributed by atoms with E-state index in [4.69, 9.17) is 14.0 Å². The van der Waals surface area contributed by atoms with Crippen LogP contribution in [0.5, 0.6) is 0 Å². The van der Waals surface area contributed by atoms with Crippen molar-refractivity contribution < 1.29 is 23.2 Å². The maximum Gasteiger partial charge on any atom is 0.274 e. The minimum absolute atomic E-state index is 0.0751. The Labute approximate surface area is 152 Å². The lowest BCUT2D eigenvalue weighted by Crippen LogP contribution is -2.29. The number of halogens is 2. The molecule has 1 aliphatic heterocycles. The molecule has 0 spiro atoms. The van der Waals surface area contributed by atoms with E-state index >= 15 is 0 Å². The summed E-state index contributed by atoms with van der Waals surface area (Å²) in [5.74, 6) is 0.0712. The van der Waals surface area contributed by atoms with Crippen molar-refractivity contribution in [2.24, 2.45) is 5.92 Å². The molecule has 1 N–H and O–H groups in total. The lowest BCUT2D eigenvalue weighted by molar-refractivity contribution is 0.0854. The fourth-order valence-corrected chi connectivity index (χ4v) is 2.92. The van der Waals surface area contributed by atoms with Gasteiger partial charge in [0.25, 0.3) is 5.91 Å². The smallest absolute Gasteiger partial charge is 0.274 e. The van der Waals surface area contributed by atoms with Gasteiger partial charge >= 0.3 is 0 Å². The molecule has 6 nitrogen and oxygen atoms in total. The maximum atomic E-state index is 13.5. The van der Waals surface area contributed by atoms with Gasteiger partial charge in [0.1, 0.15) is 12.4 Å². The molecule has 1 saturated heterocycles. The number of nitrogens with zero attached hydrogens (tertiary/aromatic N) is 1. The van der Waals surface area contributed by atoms with Gasteiger partial charge in [0, 0.05) is 24.6 Å². The molecular weight excluding hydrogens is 395 g/mol. The van der Waals surface area contributed by atoms with E-state index < -0.39 is 0 Å². The average Bonchev–Trinajstić information content (AvgIpc) is 3.25. The van der Waals surface area contributed by atoms with E-state index in [0.717, 1.165) is 13.0 Å². The summed E-state index contributed by atoms with van der Waals surface area (Å²) in [6, 6.07) is 6.38. The van der Waals surface area contributed by atoms with Gasteiger partial charge in [-0.2, -0.15) is 0 Å². The van der Waals surface area contributed by atoms with Crippen LogP contribution in [0.2, 0.25) is 0 Å². The van der Waals surface area contributed by atoms with Crippen LogP contribution in [-0.4, -0.2) is 30.8 Å². The standard InChI is InChI=1S/C17H18BrFN2O4/c18-15-14(10-24-9-12-3-1-2-4-13(12)19)25-21-16(15)17(22)20-7-11-5-6-23-8-11/h1-4,11H,5-10H2,(H,20,22). The number of nitrogens with one attached hydrogen (secondary N) is 1. The summed E-state index contributed by atoms with van der Waals surface area (Å²) in [6.45, 7) is 2.11. The Morgan fingerprint density at radius 1 is 1.40 bits per heavy atom. The summed E-state index contributed by atoms with van der Waals surface area (Å²) in [7, 11) is 0. The first-order valence-electron chi connectivity index (χ1n) is 7.96. The summed E-state index contributed by atoms with van der Waals surface area (Å²) < 4.78 is 29.9. The van der Waals surface area contributed by atoms with Crippen LogP contribution in [0.15, 0.2) is 33.3 Å². The molecule has 1 atom stereocenters. The molecule has 1 fully saturated rings. The Kier molecular flexibility index (Phi) is 6.17. The predicted octanol–water partition coefficient (Wildman–Crippen LogP) is 3.06. The van der Waals surface area contributed by atoms with E-state index in [1.54, 1.807) is 18.2 Å². The number of benzene rings is 1. The second-order valence-corrected chi connectivity index (χ2v) is 6.59. The Balaban J connectivity index is 1.51. The lowest BCUT2D eigenvalue weighted by Gasteiger charge is -2.08. The summed E-state index contributed by atoms with van der Waals surface area (Å²) in [5.41, 5.74) is 0.623. The van der Waals surface area contributed by atoms with Gasteiger partial charge in [0.2, 0.25) is 0 Å². The first kappa shape index (κ1) is 18.0. The fraction of sp³-hybridized carbons (Fsp3) is 0.412. The zero-order valence-electron chi connectivity index (χ0n) is 13.5. The first-order chi connectivity index (χ1) is 12.1. The van der Waals surface area contributed by atoms with Gasteiger partial charge < -0.3 is 19.3 Å². The summed E-state index contributed by atoms with van der Waals surface area (Å²) in [6.07, 6.45) is 0.940. The van der Waals surface area contributed by atoms with Crippen molar-refractivity contribution in [3.05, 3.63) is 51.6 Å². The number of rotatable bonds is 7. The number of hydrogen-bond acceptors (Lipinski definition) is 5. The second kappa shape index (κ2) is 8.55. The molecule has 0 saturated carbocycles. The van der Waals surface area contributed by atoms with Crippen LogP contribution in [0.25, 0.3) is 0 Å². The van der Waals surface area contributed by atoms with Crippen LogP contribution in [0.4, 0.5) is 4.39 Å². The SMILES string of the molecule is O=C(NCC1CCOC1)c1noc(COCc2ccccc2F)c1Br. The van der Waals surface area contributed by atoms with Crippen LogP contribution in [0.1, 0.15) is 28.2 Å². The molecule has 1 amide bonds. The van der Waals surface area contributed by atoms with E-state index in [0.29, 0.717) is 34.9 Å². The second-order valence-electron chi connectivity index (χ2n) is 5.79. The van der Waals surface area contributed by atoms with Gasteiger partial charge in [-0.1, -0.05) is 23.4 Å². The van der Waals surface area contributed by atoms with E-state index in [9.17, 15) is 9.18 Å². The van der Waals surface area contributed by atoms with Crippen molar-refractivity contribution >= 4 is 21.8 Å². The first-order valence-corrected chi connectivity index (χ1v) is 8.75. The van der Waals surface area contributed by atoms with Crippen LogP contribution < -0.4 is 5.32 Å². The van der Waals surface area contributed by atoms with Gasteiger partial charge in [-0.05, 0) is 28.4 Å².